The second-order valence-corrected chi connectivity index (χ2v) is 5.40. The largest absolute Gasteiger partial charge is 0.486 e. The highest BCUT2D eigenvalue weighted by Crippen LogP contribution is 2.41. The molecule has 23 heavy (non-hydrogen) atoms. The number of nitriles is 1. The van der Waals surface area contributed by atoms with Crippen molar-refractivity contribution in [2.24, 2.45) is 0 Å². The van der Waals surface area contributed by atoms with Gasteiger partial charge in [-0.1, -0.05) is 6.07 Å². The highest BCUT2D eigenvalue weighted by atomic mass is 16.6. The Morgan fingerprint density at radius 1 is 1.30 bits per heavy atom. The second kappa shape index (κ2) is 5.32. The number of hydrogen-bond acceptors (Lipinski definition) is 6. The molecule has 4 rings (SSSR count). The van der Waals surface area contributed by atoms with E-state index >= 15 is 0 Å². The first-order valence-electron chi connectivity index (χ1n) is 7.37. The molecule has 0 unspecified atom stereocenters. The van der Waals surface area contributed by atoms with Crippen LogP contribution in [0.2, 0.25) is 0 Å². The topological polar surface area (TPSA) is 97.4 Å². The minimum absolute atomic E-state index is 0.0775. The fourth-order valence-electron chi connectivity index (χ4n) is 2.43. The van der Waals surface area contributed by atoms with Gasteiger partial charge in [-0.15, -0.1) is 0 Å². The summed E-state index contributed by atoms with van der Waals surface area (Å²) in [7, 11) is 0. The van der Waals surface area contributed by atoms with E-state index in [0.29, 0.717) is 36.2 Å². The molecule has 2 heterocycles. The van der Waals surface area contributed by atoms with Crippen LogP contribution in [0.25, 0.3) is 0 Å². The number of fused-ring (bicyclic) bond motifs is 1. The van der Waals surface area contributed by atoms with Crippen LogP contribution in [-0.4, -0.2) is 24.1 Å². The van der Waals surface area contributed by atoms with E-state index in [1.807, 2.05) is 6.07 Å². The number of ether oxygens (including phenoxy) is 2. The molecular formula is C16H13N3O4. The summed E-state index contributed by atoms with van der Waals surface area (Å²) in [5, 5.41) is 11.7. The lowest BCUT2D eigenvalue weighted by molar-refractivity contribution is 0.101. The Morgan fingerprint density at radius 2 is 2.13 bits per heavy atom. The molecular weight excluding hydrogens is 298 g/mol. The summed E-state index contributed by atoms with van der Waals surface area (Å²) in [5.41, 5.74) is 0.415. The van der Waals surface area contributed by atoms with Gasteiger partial charge in [0.05, 0.1) is 5.56 Å². The van der Waals surface area contributed by atoms with Crippen LogP contribution in [0.1, 0.15) is 40.7 Å². The number of para-hydroxylation sites is 1. The average molecular weight is 311 g/mol. The Balaban J connectivity index is 1.62. The number of amides is 1. The molecule has 0 bridgehead atoms. The molecule has 1 aliphatic carbocycles. The summed E-state index contributed by atoms with van der Waals surface area (Å²) < 4.78 is 16.5. The average Bonchev–Trinajstić information content (AvgIpc) is 3.36. The number of aromatic nitrogens is 1. The number of hydrogen-bond donors (Lipinski definition) is 1. The Morgan fingerprint density at radius 3 is 2.91 bits per heavy atom. The highest BCUT2D eigenvalue weighted by Gasteiger charge is 2.31. The molecule has 2 aliphatic rings. The Bertz CT molecular complexity index is 817. The lowest BCUT2D eigenvalue weighted by Gasteiger charge is -2.20. The lowest BCUT2D eigenvalue weighted by atomic mass is 10.1. The zero-order valence-electron chi connectivity index (χ0n) is 12.2. The number of nitrogens with one attached hydrogen (secondary N) is 1. The predicted molar refractivity (Wildman–Crippen MR) is 78.6 cm³/mol. The number of anilines is 1. The van der Waals surface area contributed by atoms with Gasteiger partial charge in [0.2, 0.25) is 17.5 Å². The van der Waals surface area contributed by atoms with Crippen molar-refractivity contribution < 1.29 is 18.7 Å². The van der Waals surface area contributed by atoms with Gasteiger partial charge in [0.15, 0.2) is 11.5 Å². The molecule has 7 nitrogen and oxygen atoms in total. The van der Waals surface area contributed by atoms with E-state index in [2.05, 4.69) is 10.3 Å². The van der Waals surface area contributed by atoms with Crippen molar-refractivity contribution in [1.82, 2.24) is 4.98 Å². The quantitative estimate of drug-likeness (QED) is 0.935. The molecule has 1 N–H and O–H groups in total. The van der Waals surface area contributed by atoms with Crippen LogP contribution in [0, 0.1) is 11.3 Å². The predicted octanol–water partition coefficient (Wildman–Crippen LogP) is 2.45. The highest BCUT2D eigenvalue weighted by molar-refractivity contribution is 6.06. The minimum atomic E-state index is -0.428. The molecule has 1 aromatic carbocycles. The fraction of sp³-hybridized carbons (Fsp3) is 0.312. The third-order valence-corrected chi connectivity index (χ3v) is 3.71. The molecule has 1 saturated carbocycles. The van der Waals surface area contributed by atoms with Crippen molar-refractivity contribution in [3.63, 3.8) is 0 Å². The van der Waals surface area contributed by atoms with Gasteiger partial charge in [-0.2, -0.15) is 5.26 Å². The number of carbonyl (C=O) groups excluding carboxylic acids is 1. The van der Waals surface area contributed by atoms with Crippen LogP contribution in [0.15, 0.2) is 22.6 Å². The van der Waals surface area contributed by atoms with Gasteiger partial charge in [0.25, 0.3) is 5.91 Å². The van der Waals surface area contributed by atoms with Crippen LogP contribution in [0.4, 0.5) is 5.88 Å². The normalized spacial score (nSPS) is 15.8. The summed E-state index contributed by atoms with van der Waals surface area (Å²) in [6, 6.07) is 7.03. The maximum absolute atomic E-state index is 12.5. The first-order chi connectivity index (χ1) is 11.3. The van der Waals surface area contributed by atoms with Crippen molar-refractivity contribution in [2.75, 3.05) is 18.5 Å². The van der Waals surface area contributed by atoms with Crippen LogP contribution in [0.3, 0.4) is 0 Å². The van der Waals surface area contributed by atoms with E-state index in [9.17, 15) is 4.79 Å². The summed E-state index contributed by atoms with van der Waals surface area (Å²) >= 11 is 0. The monoisotopic (exact) mass is 311 g/mol. The van der Waals surface area contributed by atoms with Gasteiger partial charge in [-0.3, -0.25) is 10.1 Å². The van der Waals surface area contributed by atoms with Crippen LogP contribution in [-0.2, 0) is 0 Å². The Kier molecular flexibility index (Phi) is 3.15. The van der Waals surface area contributed by atoms with E-state index in [-0.39, 0.29) is 17.5 Å². The number of oxazole rings is 1. The minimum Gasteiger partial charge on any atom is -0.486 e. The molecule has 7 heteroatoms. The van der Waals surface area contributed by atoms with Crippen molar-refractivity contribution in [3.8, 4) is 17.6 Å². The summed E-state index contributed by atoms with van der Waals surface area (Å²) in [6.07, 6.45) is 1.99. The lowest BCUT2D eigenvalue weighted by Crippen LogP contribution is -2.20. The fourth-order valence-corrected chi connectivity index (χ4v) is 2.43. The van der Waals surface area contributed by atoms with Crippen molar-refractivity contribution in [1.29, 1.82) is 5.26 Å². The van der Waals surface area contributed by atoms with Gasteiger partial charge in [0, 0.05) is 5.92 Å². The number of carbonyl (C=O) groups is 1. The van der Waals surface area contributed by atoms with E-state index < -0.39 is 5.91 Å². The molecule has 1 aromatic heterocycles. The molecule has 0 spiro atoms. The van der Waals surface area contributed by atoms with Gasteiger partial charge in [-0.25, -0.2) is 4.98 Å². The van der Waals surface area contributed by atoms with Crippen molar-refractivity contribution >= 4 is 11.8 Å². The number of benzene rings is 1. The van der Waals surface area contributed by atoms with Gasteiger partial charge in [0.1, 0.15) is 19.3 Å². The molecule has 0 saturated heterocycles. The maximum Gasteiger partial charge on any atom is 0.261 e. The van der Waals surface area contributed by atoms with Crippen LogP contribution < -0.4 is 14.8 Å². The van der Waals surface area contributed by atoms with E-state index in [4.69, 9.17) is 19.2 Å². The molecule has 1 fully saturated rings. The number of rotatable bonds is 3. The smallest absolute Gasteiger partial charge is 0.261 e. The second-order valence-electron chi connectivity index (χ2n) is 5.40. The van der Waals surface area contributed by atoms with Crippen LogP contribution in [0.5, 0.6) is 11.5 Å². The Labute approximate surface area is 131 Å². The summed E-state index contributed by atoms with van der Waals surface area (Å²) in [6.45, 7) is 0.832. The van der Waals surface area contributed by atoms with Crippen molar-refractivity contribution in [3.05, 3.63) is 35.3 Å². The third-order valence-electron chi connectivity index (χ3n) is 3.71. The van der Waals surface area contributed by atoms with E-state index in [1.54, 1.807) is 18.2 Å². The summed E-state index contributed by atoms with van der Waals surface area (Å²) in [4.78, 5) is 16.6. The zero-order valence-corrected chi connectivity index (χ0v) is 12.2. The third kappa shape index (κ3) is 2.48. The molecule has 0 atom stereocenters. The molecule has 2 aromatic rings. The van der Waals surface area contributed by atoms with E-state index in [0.717, 1.165) is 12.8 Å². The number of nitrogens with zero attached hydrogens (tertiary/aromatic N) is 2. The van der Waals surface area contributed by atoms with Gasteiger partial charge in [-0.05, 0) is 25.0 Å². The molecule has 116 valence electrons. The molecule has 0 radical (unpaired) electrons. The molecule has 1 aliphatic heterocycles. The zero-order chi connectivity index (χ0) is 15.8. The van der Waals surface area contributed by atoms with Gasteiger partial charge < -0.3 is 13.9 Å². The standard InChI is InChI=1S/C16H13N3O4/c17-8-11-16(23-15(18-11)9-4-5-9)19-14(20)10-2-1-3-12-13(10)22-7-6-21-12/h1-3,9H,4-7H2,(H,19,20). The van der Waals surface area contributed by atoms with Crippen molar-refractivity contribution in [2.45, 2.75) is 18.8 Å². The van der Waals surface area contributed by atoms with Crippen LogP contribution >= 0.6 is 0 Å². The first kappa shape index (κ1) is 13.6. The van der Waals surface area contributed by atoms with Gasteiger partial charge >= 0.3 is 0 Å². The first-order valence-corrected chi connectivity index (χ1v) is 7.37. The maximum atomic E-state index is 12.5. The SMILES string of the molecule is N#Cc1nc(C2CC2)oc1NC(=O)c1cccc2c1OCCO2. The summed E-state index contributed by atoms with van der Waals surface area (Å²) in [5.74, 6) is 1.34. The van der Waals surface area contributed by atoms with E-state index in [1.165, 1.54) is 0 Å². The Hall–Kier alpha value is -3.01. The molecule has 1 amide bonds.